The number of carbonyl (C=O) groups excluding carboxylic acids is 2. The highest BCUT2D eigenvalue weighted by atomic mass is 16.2. The molecule has 146 valence electrons. The number of rotatable bonds is 5. The SMILES string of the molecule is O=C(Nc1cccc(CN2CCCC2=O)c1)c1cc(C2CC2)nc2ccccc12. The molecule has 2 aromatic carbocycles. The number of likely N-dealkylation sites (tertiary alicyclic amines) is 1. The lowest BCUT2D eigenvalue weighted by Crippen LogP contribution is -2.23. The molecule has 1 N–H and O–H groups in total. The van der Waals surface area contributed by atoms with Crippen molar-refractivity contribution in [2.45, 2.75) is 38.1 Å². The van der Waals surface area contributed by atoms with Crippen molar-refractivity contribution in [1.29, 1.82) is 0 Å². The summed E-state index contributed by atoms with van der Waals surface area (Å²) in [5.74, 6) is 0.558. The first-order valence-corrected chi connectivity index (χ1v) is 10.2. The Balaban J connectivity index is 1.40. The van der Waals surface area contributed by atoms with Gasteiger partial charge in [-0.2, -0.15) is 0 Å². The van der Waals surface area contributed by atoms with Gasteiger partial charge >= 0.3 is 0 Å². The van der Waals surface area contributed by atoms with Crippen molar-refractivity contribution in [2.75, 3.05) is 11.9 Å². The van der Waals surface area contributed by atoms with Gasteiger partial charge in [0.2, 0.25) is 5.91 Å². The number of benzene rings is 2. The summed E-state index contributed by atoms with van der Waals surface area (Å²) < 4.78 is 0. The number of carbonyl (C=O) groups is 2. The van der Waals surface area contributed by atoms with Crippen LogP contribution in [0, 0.1) is 0 Å². The molecule has 2 amide bonds. The summed E-state index contributed by atoms with van der Waals surface area (Å²) in [6.07, 6.45) is 3.84. The van der Waals surface area contributed by atoms with Gasteiger partial charge < -0.3 is 10.2 Å². The molecule has 2 fully saturated rings. The van der Waals surface area contributed by atoms with Crippen molar-refractivity contribution in [3.8, 4) is 0 Å². The van der Waals surface area contributed by atoms with Crippen LogP contribution in [0.3, 0.4) is 0 Å². The quantitative estimate of drug-likeness (QED) is 0.704. The Kier molecular flexibility index (Phi) is 4.51. The van der Waals surface area contributed by atoms with Crippen LogP contribution in [0.15, 0.2) is 54.6 Å². The van der Waals surface area contributed by atoms with Crippen molar-refractivity contribution < 1.29 is 9.59 Å². The summed E-state index contributed by atoms with van der Waals surface area (Å²) in [5.41, 5.74) is 4.31. The lowest BCUT2D eigenvalue weighted by molar-refractivity contribution is -0.128. The van der Waals surface area contributed by atoms with E-state index < -0.39 is 0 Å². The van der Waals surface area contributed by atoms with E-state index in [2.05, 4.69) is 5.32 Å². The lowest BCUT2D eigenvalue weighted by Gasteiger charge is -2.16. The standard InChI is InChI=1S/C24H23N3O2/c28-23-9-4-12-27(23)15-16-5-3-6-18(13-16)25-24(29)20-14-22(17-10-11-17)26-21-8-2-1-7-19(20)21/h1-3,5-8,13-14,17H,4,9-12,15H2,(H,25,29). The van der Waals surface area contributed by atoms with Crippen molar-refractivity contribution in [3.05, 3.63) is 71.4 Å². The van der Waals surface area contributed by atoms with E-state index in [1.54, 1.807) is 0 Å². The maximum Gasteiger partial charge on any atom is 0.256 e. The normalized spacial score (nSPS) is 16.4. The number of anilines is 1. The van der Waals surface area contributed by atoms with E-state index in [1.807, 2.05) is 59.5 Å². The molecule has 2 aliphatic rings. The van der Waals surface area contributed by atoms with E-state index in [-0.39, 0.29) is 11.8 Å². The van der Waals surface area contributed by atoms with Gasteiger partial charge in [-0.1, -0.05) is 30.3 Å². The number of fused-ring (bicyclic) bond motifs is 1. The molecule has 0 atom stereocenters. The maximum atomic E-state index is 13.1. The average Bonchev–Trinajstić information content (AvgIpc) is 3.51. The molecule has 0 bridgehead atoms. The van der Waals surface area contributed by atoms with Crippen LogP contribution in [-0.2, 0) is 11.3 Å². The van der Waals surface area contributed by atoms with Gasteiger partial charge in [0.1, 0.15) is 0 Å². The smallest absolute Gasteiger partial charge is 0.256 e. The van der Waals surface area contributed by atoms with Crippen LogP contribution in [0.1, 0.15) is 53.2 Å². The van der Waals surface area contributed by atoms with Gasteiger partial charge in [-0.05, 0) is 49.1 Å². The van der Waals surface area contributed by atoms with Crippen LogP contribution < -0.4 is 5.32 Å². The van der Waals surface area contributed by atoms with E-state index in [9.17, 15) is 9.59 Å². The van der Waals surface area contributed by atoms with Gasteiger partial charge in [-0.25, -0.2) is 0 Å². The average molecular weight is 385 g/mol. The fraction of sp³-hybridized carbons (Fsp3) is 0.292. The fourth-order valence-corrected chi connectivity index (χ4v) is 4.01. The summed E-state index contributed by atoms with van der Waals surface area (Å²) >= 11 is 0. The third kappa shape index (κ3) is 3.73. The summed E-state index contributed by atoms with van der Waals surface area (Å²) in [5, 5.41) is 3.91. The number of hydrogen-bond donors (Lipinski definition) is 1. The largest absolute Gasteiger partial charge is 0.338 e. The predicted molar refractivity (Wildman–Crippen MR) is 113 cm³/mol. The molecular formula is C24H23N3O2. The third-order valence-electron chi connectivity index (χ3n) is 5.71. The highest BCUT2D eigenvalue weighted by molar-refractivity contribution is 6.12. The summed E-state index contributed by atoms with van der Waals surface area (Å²) in [6, 6.07) is 17.5. The lowest BCUT2D eigenvalue weighted by atomic mass is 10.0. The molecule has 0 radical (unpaired) electrons. The van der Waals surface area contributed by atoms with Gasteiger partial charge in [-0.3, -0.25) is 14.6 Å². The second kappa shape index (κ2) is 7.32. The Hall–Kier alpha value is -3.21. The molecule has 1 saturated heterocycles. The molecule has 5 heteroatoms. The van der Waals surface area contributed by atoms with Crippen molar-refractivity contribution in [1.82, 2.24) is 9.88 Å². The minimum absolute atomic E-state index is 0.125. The number of nitrogens with zero attached hydrogens (tertiary/aromatic N) is 2. The Bertz CT molecular complexity index is 1100. The van der Waals surface area contributed by atoms with Gasteiger partial charge in [0.25, 0.3) is 5.91 Å². The molecule has 1 aromatic heterocycles. The van der Waals surface area contributed by atoms with Crippen molar-refractivity contribution >= 4 is 28.4 Å². The van der Waals surface area contributed by atoms with Crippen molar-refractivity contribution in [3.63, 3.8) is 0 Å². The van der Waals surface area contributed by atoms with E-state index in [1.165, 1.54) is 0 Å². The molecule has 5 nitrogen and oxygen atoms in total. The van der Waals surface area contributed by atoms with Gasteiger partial charge in [0, 0.05) is 42.2 Å². The Morgan fingerprint density at radius 2 is 1.97 bits per heavy atom. The van der Waals surface area contributed by atoms with Gasteiger partial charge in [0.05, 0.1) is 11.1 Å². The number of amides is 2. The minimum Gasteiger partial charge on any atom is -0.338 e. The first-order chi connectivity index (χ1) is 14.2. The number of aromatic nitrogens is 1. The Morgan fingerprint density at radius 1 is 1.10 bits per heavy atom. The topological polar surface area (TPSA) is 62.3 Å². The molecule has 2 heterocycles. The zero-order valence-corrected chi connectivity index (χ0v) is 16.2. The van der Waals surface area contributed by atoms with E-state index >= 15 is 0 Å². The van der Waals surface area contributed by atoms with Crippen LogP contribution in [0.4, 0.5) is 5.69 Å². The van der Waals surface area contributed by atoms with Crippen LogP contribution >= 0.6 is 0 Å². The van der Waals surface area contributed by atoms with Gasteiger partial charge in [-0.15, -0.1) is 0 Å². The van der Waals surface area contributed by atoms with Crippen LogP contribution in [0.2, 0.25) is 0 Å². The fourth-order valence-electron chi connectivity index (χ4n) is 4.01. The monoisotopic (exact) mass is 385 g/mol. The van der Waals surface area contributed by atoms with E-state index in [4.69, 9.17) is 4.98 Å². The first kappa shape index (κ1) is 17.9. The molecule has 5 rings (SSSR count). The molecule has 1 aliphatic heterocycles. The number of para-hydroxylation sites is 1. The number of pyridine rings is 1. The predicted octanol–water partition coefficient (Wildman–Crippen LogP) is 4.49. The van der Waals surface area contributed by atoms with Crippen LogP contribution in [0.25, 0.3) is 10.9 Å². The van der Waals surface area contributed by atoms with Crippen molar-refractivity contribution in [2.24, 2.45) is 0 Å². The highest BCUT2D eigenvalue weighted by Gasteiger charge is 2.27. The molecule has 1 saturated carbocycles. The number of nitrogens with one attached hydrogen (secondary N) is 1. The molecule has 0 unspecified atom stereocenters. The molecule has 1 aliphatic carbocycles. The number of hydrogen-bond acceptors (Lipinski definition) is 3. The summed E-state index contributed by atoms with van der Waals surface area (Å²) in [4.78, 5) is 31.6. The highest BCUT2D eigenvalue weighted by Crippen LogP contribution is 2.40. The first-order valence-electron chi connectivity index (χ1n) is 10.2. The Labute approximate surface area is 169 Å². The Morgan fingerprint density at radius 3 is 2.76 bits per heavy atom. The summed E-state index contributed by atoms with van der Waals surface area (Å²) in [7, 11) is 0. The zero-order valence-electron chi connectivity index (χ0n) is 16.2. The van der Waals surface area contributed by atoms with E-state index in [0.717, 1.165) is 53.7 Å². The summed E-state index contributed by atoms with van der Waals surface area (Å²) in [6.45, 7) is 1.40. The molecular weight excluding hydrogens is 362 g/mol. The zero-order chi connectivity index (χ0) is 19.8. The van der Waals surface area contributed by atoms with Gasteiger partial charge in [0.15, 0.2) is 0 Å². The second-order valence-corrected chi connectivity index (χ2v) is 7.96. The molecule has 0 spiro atoms. The maximum absolute atomic E-state index is 13.1. The third-order valence-corrected chi connectivity index (χ3v) is 5.71. The van der Waals surface area contributed by atoms with E-state index in [0.29, 0.717) is 24.4 Å². The molecule has 3 aromatic rings. The second-order valence-electron chi connectivity index (χ2n) is 7.96. The minimum atomic E-state index is -0.125. The molecule has 29 heavy (non-hydrogen) atoms. The van der Waals surface area contributed by atoms with Crippen LogP contribution in [0.5, 0.6) is 0 Å². The van der Waals surface area contributed by atoms with Crippen LogP contribution in [-0.4, -0.2) is 28.2 Å².